The number of rotatable bonds is 4. The minimum Gasteiger partial charge on any atom is -0.378 e. The number of Topliss-reactive ketones (excluding diaryl/α,β-unsaturated/α-hetero) is 1. The van der Waals surface area contributed by atoms with Crippen LogP contribution in [-0.2, 0) is 47.4 Å². The Kier molecular flexibility index (Phi) is 9.81. The first-order chi connectivity index (χ1) is 24.7. The van der Waals surface area contributed by atoms with Crippen molar-refractivity contribution in [2.24, 2.45) is 17.6 Å². The van der Waals surface area contributed by atoms with E-state index in [1.54, 1.807) is 7.11 Å². The molecule has 0 aromatic rings. The van der Waals surface area contributed by atoms with E-state index in [0.29, 0.717) is 44.6 Å². The third-order valence-electron chi connectivity index (χ3n) is 13.9. The first kappa shape index (κ1) is 35.5. The summed E-state index contributed by atoms with van der Waals surface area (Å²) in [6.45, 7) is 11.8. The summed E-state index contributed by atoms with van der Waals surface area (Å²) in [5.74, 6) is -0.367. The summed E-state index contributed by atoms with van der Waals surface area (Å²) in [5.41, 5.74) is 8.19. The van der Waals surface area contributed by atoms with Gasteiger partial charge < -0.3 is 48.4 Å². The molecule has 8 unspecified atom stereocenters. The molecule has 0 saturated carbocycles. The lowest BCUT2D eigenvalue weighted by Crippen LogP contribution is -2.61. The third kappa shape index (κ3) is 6.53. The average Bonchev–Trinajstić information content (AvgIpc) is 3.79. The molecule has 10 saturated heterocycles. The van der Waals surface area contributed by atoms with Crippen LogP contribution < -0.4 is 5.73 Å². The molecular weight excluding hydrogens is 654 g/mol. The van der Waals surface area contributed by atoms with Crippen LogP contribution in [0.4, 0.5) is 0 Å². The molecule has 10 aliphatic heterocycles. The van der Waals surface area contributed by atoms with E-state index < -0.39 is 5.79 Å². The van der Waals surface area contributed by atoms with Crippen molar-refractivity contribution in [3.8, 4) is 0 Å². The molecule has 10 aliphatic rings. The lowest BCUT2D eigenvalue weighted by Gasteiger charge is -2.47. The van der Waals surface area contributed by atoms with E-state index >= 15 is 0 Å². The predicted molar refractivity (Wildman–Crippen MR) is 185 cm³/mol. The van der Waals surface area contributed by atoms with Crippen LogP contribution in [0.15, 0.2) is 24.3 Å². The molecule has 10 fully saturated rings. The number of fused-ring (bicyclic) bond motifs is 6. The van der Waals surface area contributed by atoms with Gasteiger partial charge in [-0.25, -0.2) is 0 Å². The summed E-state index contributed by atoms with van der Waals surface area (Å²) >= 11 is 0. The van der Waals surface area contributed by atoms with Crippen LogP contribution >= 0.6 is 0 Å². The monoisotopic (exact) mass is 713 g/mol. The van der Waals surface area contributed by atoms with Gasteiger partial charge in [0, 0.05) is 45.1 Å². The van der Waals surface area contributed by atoms with Gasteiger partial charge in [0.15, 0.2) is 5.79 Å². The lowest BCUT2D eigenvalue weighted by molar-refractivity contribution is -0.292. The Labute approximate surface area is 302 Å². The fourth-order valence-corrected chi connectivity index (χ4v) is 11.3. The summed E-state index contributed by atoms with van der Waals surface area (Å²) in [4.78, 5) is 14.0. The van der Waals surface area contributed by atoms with Crippen LogP contribution in [0.1, 0.15) is 96.8 Å². The zero-order valence-electron chi connectivity index (χ0n) is 30.5. The van der Waals surface area contributed by atoms with E-state index in [2.05, 4.69) is 20.1 Å². The minimum atomic E-state index is -0.760. The maximum absolute atomic E-state index is 14.0. The van der Waals surface area contributed by atoms with Gasteiger partial charge in [0.25, 0.3) is 0 Å². The second-order valence-electron chi connectivity index (χ2n) is 17.2. The molecule has 0 radical (unpaired) electrons. The van der Waals surface area contributed by atoms with Crippen LogP contribution in [0, 0.1) is 11.8 Å². The van der Waals surface area contributed by atoms with Crippen molar-refractivity contribution in [2.45, 2.75) is 194 Å². The quantitative estimate of drug-likeness (QED) is 0.415. The van der Waals surface area contributed by atoms with Crippen molar-refractivity contribution < 1.29 is 47.4 Å². The summed E-state index contributed by atoms with van der Waals surface area (Å²) in [7, 11) is 1.74. The Morgan fingerprint density at radius 2 is 1.53 bits per heavy atom. The van der Waals surface area contributed by atoms with Gasteiger partial charge in [0.2, 0.25) is 0 Å². The molecule has 0 aliphatic carbocycles. The molecule has 11 nitrogen and oxygen atoms in total. The number of ketones is 1. The summed E-state index contributed by atoms with van der Waals surface area (Å²) in [6, 6.07) is 0. The van der Waals surface area contributed by atoms with Crippen molar-refractivity contribution in [3.63, 3.8) is 0 Å². The van der Waals surface area contributed by atoms with Crippen LogP contribution in [0.2, 0.25) is 0 Å². The standard InChI is InChI=1S/C40H59NO10/c1-20-14-24-7-9-28-21(2)15-26(44-28)11-12-40-19-33-36(50-40)37-38(49-33)39(51-40)35-30(48-37)10-8-25(46-35)16-23(42)17-27-32(18-31(45-24)22(20)3)47-29(6-5-13-41)34(27)43-4/h20,24-39H,2-3,5-19,41H2,1,4H3/t20-,24?,25?,26+,27?,28+,29?,30?,31?,32+,33?,34-,35+,36?,37+,38-,39+,40+/m1/s1. The first-order valence-electron chi connectivity index (χ1n) is 20.1. The van der Waals surface area contributed by atoms with Crippen LogP contribution in [0.25, 0.3) is 0 Å². The van der Waals surface area contributed by atoms with Gasteiger partial charge in [0.1, 0.15) is 36.3 Å². The van der Waals surface area contributed by atoms with Gasteiger partial charge in [-0.05, 0) is 81.4 Å². The predicted octanol–water partition coefficient (Wildman–Crippen LogP) is 4.47. The number of methoxy groups -OCH3 is 1. The second kappa shape index (κ2) is 14.1. The minimum absolute atomic E-state index is 0.0107. The van der Waals surface area contributed by atoms with Crippen molar-refractivity contribution in [1.29, 1.82) is 0 Å². The van der Waals surface area contributed by atoms with Crippen molar-refractivity contribution in [2.75, 3.05) is 13.7 Å². The molecule has 284 valence electrons. The van der Waals surface area contributed by atoms with Crippen molar-refractivity contribution in [1.82, 2.24) is 0 Å². The number of nitrogens with two attached hydrogens (primary N) is 1. The third-order valence-corrected chi connectivity index (χ3v) is 13.9. The van der Waals surface area contributed by atoms with E-state index in [1.807, 2.05) is 0 Å². The van der Waals surface area contributed by atoms with Crippen LogP contribution in [0.5, 0.6) is 0 Å². The van der Waals surface area contributed by atoms with Crippen molar-refractivity contribution >= 4 is 5.78 Å². The van der Waals surface area contributed by atoms with E-state index in [9.17, 15) is 4.79 Å². The Morgan fingerprint density at radius 3 is 2.37 bits per heavy atom. The van der Waals surface area contributed by atoms with E-state index in [0.717, 1.165) is 68.9 Å². The van der Waals surface area contributed by atoms with Gasteiger partial charge >= 0.3 is 0 Å². The smallest absolute Gasteiger partial charge is 0.172 e. The molecule has 0 aromatic heterocycles. The summed E-state index contributed by atoms with van der Waals surface area (Å²) in [6.07, 6.45) is 8.28. The van der Waals surface area contributed by atoms with E-state index in [-0.39, 0.29) is 103 Å². The highest BCUT2D eigenvalue weighted by Crippen LogP contribution is 2.54. The Hall–Kier alpha value is -1.25. The molecule has 11 heteroatoms. The molecule has 1 spiro atoms. The summed E-state index contributed by atoms with van der Waals surface area (Å²) < 4.78 is 60.3. The van der Waals surface area contributed by atoms with Gasteiger partial charge in [-0.3, -0.25) is 4.79 Å². The molecule has 0 aromatic carbocycles. The lowest BCUT2D eigenvalue weighted by atomic mass is 9.81. The number of carbonyl (C=O) groups is 1. The van der Waals surface area contributed by atoms with Gasteiger partial charge in [-0.2, -0.15) is 0 Å². The van der Waals surface area contributed by atoms with E-state index in [1.165, 1.54) is 0 Å². The van der Waals surface area contributed by atoms with E-state index in [4.69, 9.17) is 48.4 Å². The number of carbonyl (C=O) groups excluding carboxylic acids is 1. The molecular formula is C40H59NO10. The molecule has 51 heavy (non-hydrogen) atoms. The van der Waals surface area contributed by atoms with Crippen LogP contribution in [0.3, 0.4) is 0 Å². The first-order valence-corrected chi connectivity index (χ1v) is 20.1. The number of hydrogen-bond donors (Lipinski definition) is 1. The molecule has 18 atom stereocenters. The fourth-order valence-electron chi connectivity index (χ4n) is 11.3. The van der Waals surface area contributed by atoms with Gasteiger partial charge in [-0.15, -0.1) is 0 Å². The topological polar surface area (TPSA) is 126 Å². The average molecular weight is 714 g/mol. The highest BCUT2D eigenvalue weighted by molar-refractivity contribution is 5.79. The zero-order valence-corrected chi connectivity index (χ0v) is 30.5. The largest absolute Gasteiger partial charge is 0.378 e. The number of ether oxygens (including phenoxy) is 9. The second-order valence-corrected chi connectivity index (χ2v) is 17.2. The fraction of sp³-hybridized carbons (Fsp3) is 0.875. The van der Waals surface area contributed by atoms with Crippen molar-refractivity contribution in [3.05, 3.63) is 24.3 Å². The summed E-state index contributed by atoms with van der Waals surface area (Å²) in [5, 5.41) is 0. The Morgan fingerprint density at radius 1 is 0.765 bits per heavy atom. The molecule has 10 rings (SSSR count). The van der Waals surface area contributed by atoms with Crippen LogP contribution in [-0.4, -0.2) is 117 Å². The normalized spacial score (nSPS) is 52.5. The van der Waals surface area contributed by atoms with Gasteiger partial charge in [-0.1, -0.05) is 20.1 Å². The Bertz CT molecular complexity index is 1340. The highest BCUT2D eigenvalue weighted by Gasteiger charge is 2.68. The highest BCUT2D eigenvalue weighted by atomic mass is 16.8. The molecule has 2 N–H and O–H groups in total. The SMILES string of the molecule is C=C1C2C[C@@H]3OC(CCCN)[C@H](OC)C3CC(=O)CC3CCC4O[C@H]5C6O[C@]7(CC[C@H]8CC(=C)[C@H](CCC(C[C@H]1C)O2)O8)CC6O[C@H]5[C@@H](O7)[C@H]4O3. The van der Waals surface area contributed by atoms with Gasteiger partial charge in [0.05, 0.1) is 61.0 Å². The molecule has 0 amide bonds. The molecule has 10 heterocycles. The maximum atomic E-state index is 14.0. The Balaban J connectivity index is 0.991. The maximum Gasteiger partial charge on any atom is 0.172 e. The number of hydrogen-bond acceptors (Lipinski definition) is 11. The molecule has 12 bridgehead atoms. The zero-order chi connectivity index (χ0) is 35.0.